The summed E-state index contributed by atoms with van der Waals surface area (Å²) in [6, 6.07) is 10.3. The van der Waals surface area contributed by atoms with Crippen LogP contribution in [0.3, 0.4) is 0 Å². The van der Waals surface area contributed by atoms with Crippen molar-refractivity contribution in [2.24, 2.45) is 0 Å². The van der Waals surface area contributed by atoms with E-state index < -0.39 is 5.54 Å². The summed E-state index contributed by atoms with van der Waals surface area (Å²) in [5, 5.41) is 14.2. The molecule has 4 heteroatoms. The van der Waals surface area contributed by atoms with Crippen molar-refractivity contribution in [3.8, 4) is 11.1 Å². The zero-order chi connectivity index (χ0) is 19.2. The molecular weight excluding hydrogens is 341 g/mol. The van der Waals surface area contributed by atoms with Crippen molar-refractivity contribution in [3.05, 3.63) is 64.7 Å². The molecule has 2 N–H and O–H groups in total. The van der Waals surface area contributed by atoms with Gasteiger partial charge in [0.15, 0.2) is 0 Å². The maximum atomic E-state index is 13.3. The van der Waals surface area contributed by atoms with Crippen LogP contribution in [0.15, 0.2) is 42.2 Å². The van der Waals surface area contributed by atoms with E-state index in [0.29, 0.717) is 5.57 Å². The first-order chi connectivity index (χ1) is 12.9. The molecule has 1 aliphatic carbocycles. The lowest BCUT2D eigenvalue weighted by molar-refractivity contribution is -0.116. The minimum atomic E-state index is -0.602. The van der Waals surface area contributed by atoms with E-state index in [1.54, 1.807) is 12.1 Å². The van der Waals surface area contributed by atoms with Crippen molar-refractivity contribution >= 4 is 11.5 Å². The van der Waals surface area contributed by atoms with Crippen LogP contribution in [-0.2, 0) is 4.79 Å². The lowest BCUT2D eigenvalue weighted by Crippen LogP contribution is -2.46. The number of hydrogen-bond donors (Lipinski definition) is 2. The van der Waals surface area contributed by atoms with Crippen LogP contribution in [-0.4, -0.2) is 16.6 Å². The highest BCUT2D eigenvalue weighted by Crippen LogP contribution is 2.43. The summed E-state index contributed by atoms with van der Waals surface area (Å²) in [5.74, 6) is -0.287. The molecule has 1 amide bonds. The monoisotopic (exact) mass is 365 g/mol. The lowest BCUT2D eigenvalue weighted by atomic mass is 9.80. The molecule has 0 atom stereocenters. The number of amides is 1. The summed E-state index contributed by atoms with van der Waals surface area (Å²) in [7, 11) is 0. The van der Waals surface area contributed by atoms with E-state index in [2.05, 4.69) is 5.32 Å². The Labute approximate surface area is 158 Å². The second kappa shape index (κ2) is 6.52. The number of nitrogens with one attached hydrogen (secondary N) is 1. The van der Waals surface area contributed by atoms with Gasteiger partial charge in [-0.15, -0.1) is 0 Å². The number of hydrogen-bond acceptors (Lipinski definition) is 2. The molecule has 140 valence electrons. The molecule has 4 rings (SSSR count). The lowest BCUT2D eigenvalue weighted by Gasteiger charge is -2.33. The third kappa shape index (κ3) is 2.84. The smallest absolute Gasteiger partial charge is 0.256 e. The van der Waals surface area contributed by atoms with Crippen molar-refractivity contribution in [1.82, 2.24) is 5.32 Å². The topological polar surface area (TPSA) is 49.3 Å². The first-order valence-electron chi connectivity index (χ1n) is 9.56. The molecule has 0 bridgehead atoms. The van der Waals surface area contributed by atoms with Crippen molar-refractivity contribution in [3.63, 3.8) is 0 Å². The van der Waals surface area contributed by atoms with E-state index in [4.69, 9.17) is 0 Å². The SMILES string of the molecule is Cc1ccc(-c2ccc(F)cc2)c(C)c1C1=C(O)C2(CCCCC2)NC1=O. The third-order valence-electron chi connectivity index (χ3n) is 6.06. The Balaban J connectivity index is 1.87. The molecule has 1 aliphatic heterocycles. The van der Waals surface area contributed by atoms with Gasteiger partial charge in [0.2, 0.25) is 0 Å². The zero-order valence-electron chi connectivity index (χ0n) is 15.7. The zero-order valence-corrected chi connectivity index (χ0v) is 15.7. The molecule has 2 aromatic rings. The van der Waals surface area contributed by atoms with E-state index in [1.165, 1.54) is 12.1 Å². The van der Waals surface area contributed by atoms with Crippen LogP contribution in [0, 0.1) is 19.7 Å². The van der Waals surface area contributed by atoms with E-state index in [0.717, 1.165) is 59.9 Å². The average molecular weight is 365 g/mol. The van der Waals surface area contributed by atoms with Gasteiger partial charge in [-0.1, -0.05) is 43.5 Å². The summed E-state index contributed by atoms with van der Waals surface area (Å²) < 4.78 is 13.3. The molecule has 27 heavy (non-hydrogen) atoms. The minimum Gasteiger partial charge on any atom is -0.509 e. The van der Waals surface area contributed by atoms with Gasteiger partial charge in [0.1, 0.15) is 11.6 Å². The molecule has 0 aromatic heterocycles. The van der Waals surface area contributed by atoms with Gasteiger partial charge in [-0.25, -0.2) is 4.39 Å². The first kappa shape index (κ1) is 17.8. The predicted molar refractivity (Wildman–Crippen MR) is 105 cm³/mol. The van der Waals surface area contributed by atoms with Crippen molar-refractivity contribution in [2.45, 2.75) is 51.5 Å². The number of carbonyl (C=O) groups excluding carboxylic acids is 1. The molecule has 2 aliphatic rings. The van der Waals surface area contributed by atoms with Crippen LogP contribution >= 0.6 is 0 Å². The minimum absolute atomic E-state index is 0.189. The van der Waals surface area contributed by atoms with Crippen molar-refractivity contribution in [1.29, 1.82) is 0 Å². The summed E-state index contributed by atoms with van der Waals surface area (Å²) in [5.41, 5.74) is 4.28. The molecule has 1 fully saturated rings. The van der Waals surface area contributed by atoms with Gasteiger partial charge in [-0.3, -0.25) is 4.79 Å². The van der Waals surface area contributed by atoms with Gasteiger partial charge in [0, 0.05) is 0 Å². The highest BCUT2D eigenvalue weighted by atomic mass is 19.1. The fraction of sp³-hybridized carbons (Fsp3) is 0.348. The Morgan fingerprint density at radius 1 is 1.00 bits per heavy atom. The molecule has 2 aromatic carbocycles. The molecule has 0 unspecified atom stereocenters. The molecule has 0 saturated heterocycles. The summed E-state index contributed by atoms with van der Waals surface area (Å²) in [6.07, 6.45) is 4.71. The maximum absolute atomic E-state index is 13.3. The molecule has 3 nitrogen and oxygen atoms in total. The molecule has 1 heterocycles. The number of halogens is 1. The standard InChI is InChI=1S/C23H24FNO2/c1-14-6-11-18(16-7-9-17(24)10-8-16)15(2)19(14)20-21(26)23(25-22(20)27)12-4-3-5-13-23/h6-11,26H,3-5,12-13H2,1-2H3,(H,25,27). The molecule has 0 radical (unpaired) electrons. The number of carbonyl (C=O) groups is 1. The summed E-state index contributed by atoms with van der Waals surface area (Å²) >= 11 is 0. The summed E-state index contributed by atoms with van der Waals surface area (Å²) in [6.45, 7) is 3.91. The number of benzene rings is 2. The second-order valence-corrected chi connectivity index (χ2v) is 7.76. The van der Waals surface area contributed by atoms with Gasteiger partial charge in [0.25, 0.3) is 5.91 Å². The number of aliphatic hydroxyl groups excluding tert-OH is 1. The largest absolute Gasteiger partial charge is 0.509 e. The van der Waals surface area contributed by atoms with Crippen LogP contribution in [0.1, 0.15) is 48.8 Å². The first-order valence-corrected chi connectivity index (χ1v) is 9.56. The van der Waals surface area contributed by atoms with E-state index in [9.17, 15) is 14.3 Å². The average Bonchev–Trinajstić information content (AvgIpc) is 2.88. The van der Waals surface area contributed by atoms with Gasteiger partial charge < -0.3 is 10.4 Å². The van der Waals surface area contributed by atoms with Gasteiger partial charge in [0.05, 0.1) is 11.1 Å². The van der Waals surface area contributed by atoms with E-state index in [1.807, 2.05) is 26.0 Å². The third-order valence-corrected chi connectivity index (χ3v) is 6.06. The molecule has 1 spiro atoms. The van der Waals surface area contributed by atoms with Crippen LogP contribution in [0.5, 0.6) is 0 Å². The Morgan fingerprint density at radius 2 is 1.67 bits per heavy atom. The van der Waals surface area contributed by atoms with Crippen molar-refractivity contribution in [2.75, 3.05) is 0 Å². The van der Waals surface area contributed by atoms with Crippen LogP contribution in [0.25, 0.3) is 16.7 Å². The van der Waals surface area contributed by atoms with Gasteiger partial charge in [-0.2, -0.15) is 0 Å². The predicted octanol–water partition coefficient (Wildman–Crippen LogP) is 5.21. The Bertz CT molecular complexity index is 938. The highest BCUT2D eigenvalue weighted by Gasteiger charge is 2.46. The molecule has 1 saturated carbocycles. The van der Waals surface area contributed by atoms with Crippen LogP contribution in [0.2, 0.25) is 0 Å². The van der Waals surface area contributed by atoms with Gasteiger partial charge in [-0.05, 0) is 66.6 Å². The Hall–Kier alpha value is -2.62. The maximum Gasteiger partial charge on any atom is 0.256 e. The highest BCUT2D eigenvalue weighted by molar-refractivity contribution is 6.24. The number of rotatable bonds is 2. The normalized spacial score (nSPS) is 18.9. The number of aryl methyl sites for hydroxylation is 1. The Kier molecular flexibility index (Phi) is 4.29. The molecular formula is C23H24FNO2. The van der Waals surface area contributed by atoms with Crippen LogP contribution < -0.4 is 5.32 Å². The van der Waals surface area contributed by atoms with Crippen LogP contribution in [0.4, 0.5) is 4.39 Å². The van der Waals surface area contributed by atoms with E-state index in [-0.39, 0.29) is 17.5 Å². The Morgan fingerprint density at radius 3 is 2.33 bits per heavy atom. The van der Waals surface area contributed by atoms with E-state index >= 15 is 0 Å². The second-order valence-electron chi connectivity index (χ2n) is 7.76. The fourth-order valence-corrected chi connectivity index (χ4v) is 4.61. The number of aliphatic hydroxyl groups is 1. The van der Waals surface area contributed by atoms with Crippen molar-refractivity contribution < 1.29 is 14.3 Å². The quantitative estimate of drug-likeness (QED) is 0.767. The fourth-order valence-electron chi connectivity index (χ4n) is 4.61. The summed E-state index contributed by atoms with van der Waals surface area (Å²) in [4.78, 5) is 12.9. The van der Waals surface area contributed by atoms with Gasteiger partial charge >= 0.3 is 0 Å².